The van der Waals surface area contributed by atoms with E-state index in [1.165, 1.54) is 5.01 Å². The molecule has 1 aliphatic carbocycles. The number of fused-ring (bicyclic) bond motifs is 6. The van der Waals surface area contributed by atoms with Crippen molar-refractivity contribution in [2.45, 2.75) is 134 Å². The van der Waals surface area contributed by atoms with Crippen molar-refractivity contribution in [3.63, 3.8) is 0 Å². The summed E-state index contributed by atoms with van der Waals surface area (Å²) in [5.74, 6) is -2.07. The predicted octanol–water partition coefficient (Wildman–Crippen LogP) is 5.59. The molecule has 4 aliphatic heterocycles. The molecule has 7 atom stereocenters. The molecule has 2 aromatic carbocycles. The quantitative estimate of drug-likeness (QED) is 0.113. The number of phenols is 1. The Kier molecular flexibility index (Phi) is 13.2. The molecule has 4 aromatic rings. The molecule has 2 aromatic heterocycles. The Bertz CT molecular complexity index is 2790. The molecule has 3 amide bonds. The van der Waals surface area contributed by atoms with Crippen LogP contribution in [0, 0.1) is 16.7 Å². The number of phenolic OH excluding ortho intramolecular Hbond substituents is 1. The van der Waals surface area contributed by atoms with Crippen molar-refractivity contribution in [2.24, 2.45) is 16.7 Å². The van der Waals surface area contributed by atoms with E-state index >= 15 is 0 Å². The molecular weight excluding hydrogens is 899 g/mol. The van der Waals surface area contributed by atoms with Crippen LogP contribution in [0.5, 0.6) is 5.75 Å². The molecule has 4 fully saturated rings. The number of aromatic nitrogens is 2. The van der Waals surface area contributed by atoms with E-state index in [2.05, 4.69) is 59.6 Å². The highest BCUT2D eigenvalue weighted by Gasteiger charge is 2.57. The Hall–Kier alpha value is -5.36. The smallest absolute Gasteiger partial charge is 0.324 e. The van der Waals surface area contributed by atoms with Gasteiger partial charge in [0.1, 0.15) is 29.2 Å². The molecule has 1 spiro atoms. The van der Waals surface area contributed by atoms with Gasteiger partial charge in [0.15, 0.2) is 9.84 Å². The van der Waals surface area contributed by atoms with E-state index in [0.717, 1.165) is 39.0 Å². The zero-order chi connectivity index (χ0) is 49.2. The van der Waals surface area contributed by atoms with Crippen LogP contribution in [0.15, 0.2) is 54.7 Å². The predicted molar refractivity (Wildman–Crippen MR) is 261 cm³/mol. The summed E-state index contributed by atoms with van der Waals surface area (Å²) >= 11 is 0. The molecule has 17 heteroatoms. The lowest BCUT2D eigenvalue weighted by molar-refractivity contribution is -0.155. The molecule has 6 heterocycles. The number of amides is 3. The minimum Gasteiger partial charge on any atom is -0.508 e. The average Bonchev–Trinajstić information content (AvgIpc) is 3.95. The zero-order valence-electron chi connectivity index (χ0n) is 40.8. The van der Waals surface area contributed by atoms with Gasteiger partial charge < -0.3 is 29.4 Å². The van der Waals surface area contributed by atoms with Crippen molar-refractivity contribution < 1.29 is 42.2 Å². The maximum atomic E-state index is 14.8. The molecule has 6 bridgehead atoms. The second kappa shape index (κ2) is 18.8. The highest BCUT2D eigenvalue weighted by Crippen LogP contribution is 2.50. The molecule has 16 nitrogen and oxygen atoms in total. The van der Waals surface area contributed by atoms with Gasteiger partial charge in [0, 0.05) is 67.8 Å². The van der Waals surface area contributed by atoms with Crippen LogP contribution in [0.1, 0.15) is 103 Å². The average molecular weight is 966 g/mol. The molecular formula is C52H67N7O9S. The molecule has 9 rings (SSSR count). The number of nitrogens with zero attached hydrogens (tertiary/aromatic N) is 4. The lowest BCUT2D eigenvalue weighted by Crippen LogP contribution is -2.62. The fourth-order valence-corrected chi connectivity index (χ4v) is 13.6. The maximum Gasteiger partial charge on any atom is 0.324 e. The number of benzene rings is 2. The number of methoxy groups -OCH3 is 1. The first-order valence-electron chi connectivity index (χ1n) is 24.6. The number of hydrazine groups is 1. The summed E-state index contributed by atoms with van der Waals surface area (Å²) < 4.78 is 40.7. The summed E-state index contributed by atoms with van der Waals surface area (Å²) in [6.45, 7) is 13.7. The van der Waals surface area contributed by atoms with Gasteiger partial charge in [-0.2, -0.15) is 0 Å². The largest absolute Gasteiger partial charge is 0.508 e. The van der Waals surface area contributed by atoms with Crippen LogP contribution < -0.4 is 16.1 Å². The van der Waals surface area contributed by atoms with Crippen LogP contribution in [0.2, 0.25) is 0 Å². The number of sulfone groups is 1. The SMILES string of the molecule is CCn1c(-c2cccnc2[C@H](C)OC)c2c3cc(ccc31)-c1cc(O)cc(c1)C[C@H](NC(=O)[C@H](C(C)C)N1CC[C@]3(CCC(S(=O)(=O)[C@H]4CN4)C3)C1=O)C(=O)N1CCC[C@H](N1)C(=O)OCC(C)(C)C2. The number of likely N-dealkylation sites (tertiary alicyclic amines) is 1. The van der Waals surface area contributed by atoms with Crippen molar-refractivity contribution >= 4 is 44.4 Å². The number of ether oxygens (including phenoxy) is 2. The van der Waals surface area contributed by atoms with Gasteiger partial charge in [0.25, 0.3) is 5.91 Å². The number of pyridine rings is 1. The fourth-order valence-electron chi connectivity index (χ4n) is 11.5. The number of esters is 1. The summed E-state index contributed by atoms with van der Waals surface area (Å²) in [6, 6.07) is 12.5. The van der Waals surface area contributed by atoms with Crippen LogP contribution in [-0.2, 0) is 57.9 Å². The number of cyclic esters (lactones) is 1. The lowest BCUT2D eigenvalue weighted by atomic mass is 9.84. The first-order valence-corrected chi connectivity index (χ1v) is 26.2. The molecule has 4 N–H and O–H groups in total. The highest BCUT2D eigenvalue weighted by atomic mass is 32.2. The van der Waals surface area contributed by atoms with E-state index in [1.54, 1.807) is 30.3 Å². The standard InChI is InChI=1S/C52H67N7O9S/c1-8-57-42-14-13-33-25-38(42)39(46(57)37-11-9-18-53-44(37)31(4)67-7)27-51(5,6)29-68-49(63)40-12-10-19-59(56-40)48(62)41(23-32-21-34(33)24-35(60)22-32)55-47(61)45(30(2)3)58-20-17-52(50(58)64)16-15-36(26-52)69(65,66)43-28-54-43/h9,11,13-14,18,21-22,24-25,30-31,36,40-41,43,45,54,56,60H,8,10,12,15-17,19-20,23,26-29H2,1-7H3,(H,55,61)/t31-,36?,40-,41-,43-,45-,52-/m0/s1. The van der Waals surface area contributed by atoms with Crippen LogP contribution in [0.4, 0.5) is 0 Å². The molecule has 3 saturated heterocycles. The monoisotopic (exact) mass is 965 g/mol. The maximum absolute atomic E-state index is 14.8. The van der Waals surface area contributed by atoms with Gasteiger partial charge in [0.2, 0.25) is 11.8 Å². The van der Waals surface area contributed by atoms with Crippen molar-refractivity contribution in [2.75, 3.05) is 33.4 Å². The molecule has 1 unspecified atom stereocenters. The first kappa shape index (κ1) is 48.7. The van der Waals surface area contributed by atoms with Crippen molar-refractivity contribution in [3.8, 4) is 28.1 Å². The fraction of sp³-hybridized carbons (Fsp3) is 0.558. The highest BCUT2D eigenvalue weighted by molar-refractivity contribution is 7.92. The Balaban J connectivity index is 1.09. The van der Waals surface area contributed by atoms with Gasteiger partial charge in [-0.1, -0.05) is 39.8 Å². The third-order valence-electron chi connectivity index (χ3n) is 15.3. The molecule has 0 radical (unpaired) electrons. The first-order chi connectivity index (χ1) is 32.8. The van der Waals surface area contributed by atoms with Crippen molar-refractivity contribution in [1.29, 1.82) is 0 Å². The van der Waals surface area contributed by atoms with Gasteiger partial charge in [0.05, 0.1) is 34.8 Å². The Labute approximate surface area is 404 Å². The summed E-state index contributed by atoms with van der Waals surface area (Å²) in [7, 11) is -1.75. The van der Waals surface area contributed by atoms with E-state index in [-0.39, 0.29) is 56.2 Å². The molecule has 5 aliphatic rings. The molecule has 370 valence electrons. The van der Waals surface area contributed by atoms with Gasteiger partial charge in [-0.15, -0.1) is 0 Å². The number of carbonyl (C=O) groups excluding carboxylic acids is 4. The van der Waals surface area contributed by atoms with Crippen LogP contribution >= 0.6 is 0 Å². The summed E-state index contributed by atoms with van der Waals surface area (Å²) in [4.78, 5) is 64.4. The molecule has 1 saturated carbocycles. The summed E-state index contributed by atoms with van der Waals surface area (Å²) in [5.41, 5.74) is 8.64. The molecule has 69 heavy (non-hydrogen) atoms. The van der Waals surface area contributed by atoms with Crippen LogP contribution in [-0.4, -0.2) is 119 Å². The van der Waals surface area contributed by atoms with Crippen LogP contribution in [0.25, 0.3) is 33.3 Å². The van der Waals surface area contributed by atoms with E-state index in [0.29, 0.717) is 62.7 Å². The Morgan fingerprint density at radius 2 is 1.83 bits per heavy atom. The van der Waals surface area contributed by atoms with Gasteiger partial charge in [-0.05, 0) is 123 Å². The number of nitrogens with one attached hydrogen (secondary N) is 3. The number of aryl methyl sites for hydroxylation is 1. The summed E-state index contributed by atoms with van der Waals surface area (Å²) in [5, 5.41) is 18.5. The topological polar surface area (TPSA) is 211 Å². The lowest BCUT2D eigenvalue weighted by Gasteiger charge is -2.37. The van der Waals surface area contributed by atoms with E-state index in [9.17, 15) is 32.7 Å². The number of aromatic hydroxyl groups is 1. The van der Waals surface area contributed by atoms with E-state index in [4.69, 9.17) is 14.5 Å². The second-order valence-electron chi connectivity index (χ2n) is 21.1. The van der Waals surface area contributed by atoms with Gasteiger partial charge in [-0.25, -0.2) is 13.8 Å². The van der Waals surface area contributed by atoms with E-state index < -0.39 is 67.2 Å². The number of hydrogen-bond acceptors (Lipinski definition) is 12. The van der Waals surface area contributed by atoms with Crippen molar-refractivity contribution in [3.05, 3.63) is 71.5 Å². The number of hydrogen-bond donors (Lipinski definition) is 4. The number of rotatable bonds is 10. The zero-order valence-corrected chi connectivity index (χ0v) is 41.7. The van der Waals surface area contributed by atoms with Gasteiger partial charge in [-0.3, -0.25) is 34.5 Å². The Morgan fingerprint density at radius 1 is 1.04 bits per heavy atom. The van der Waals surface area contributed by atoms with Gasteiger partial charge >= 0.3 is 5.97 Å². The normalized spacial score (nSPS) is 26.1. The van der Waals surface area contributed by atoms with E-state index in [1.807, 2.05) is 39.0 Å². The minimum absolute atomic E-state index is 0.0162. The number of carbonyl (C=O) groups is 4. The van der Waals surface area contributed by atoms with Crippen LogP contribution in [0.3, 0.4) is 0 Å². The van der Waals surface area contributed by atoms with Crippen molar-refractivity contribution in [1.82, 2.24) is 35.5 Å². The minimum atomic E-state index is -3.42. The second-order valence-corrected chi connectivity index (χ2v) is 23.5. The Morgan fingerprint density at radius 3 is 2.55 bits per heavy atom. The third-order valence-corrected chi connectivity index (χ3v) is 17.7. The third kappa shape index (κ3) is 9.27. The summed E-state index contributed by atoms with van der Waals surface area (Å²) in [6.07, 6.45) is 4.45.